The van der Waals surface area contributed by atoms with Gasteiger partial charge in [0.1, 0.15) is 6.04 Å². The van der Waals surface area contributed by atoms with E-state index >= 15 is 0 Å². The number of esters is 1. The van der Waals surface area contributed by atoms with Gasteiger partial charge in [0.25, 0.3) is 0 Å². The van der Waals surface area contributed by atoms with Crippen LogP contribution in [0.2, 0.25) is 0 Å². The van der Waals surface area contributed by atoms with Crippen LogP contribution in [0.15, 0.2) is 30.3 Å². The Balaban J connectivity index is 2.32. The average molecular weight is 460 g/mol. The number of halogens is 1. The highest BCUT2D eigenvalue weighted by Crippen LogP contribution is 2.37. The van der Waals surface area contributed by atoms with Crippen molar-refractivity contribution in [3.63, 3.8) is 0 Å². The molecule has 7 heteroatoms. The van der Waals surface area contributed by atoms with Gasteiger partial charge in [0.15, 0.2) is 0 Å². The first-order valence-corrected chi connectivity index (χ1v) is 12.1. The van der Waals surface area contributed by atoms with E-state index < -0.39 is 18.4 Å². The van der Waals surface area contributed by atoms with E-state index in [1.807, 2.05) is 49.1 Å². The van der Waals surface area contributed by atoms with Crippen molar-refractivity contribution < 1.29 is 18.7 Å². The van der Waals surface area contributed by atoms with Gasteiger partial charge in [0, 0.05) is 32.0 Å². The van der Waals surface area contributed by atoms with Crippen LogP contribution in [0.25, 0.3) is 0 Å². The second-order valence-corrected chi connectivity index (χ2v) is 9.12. The van der Waals surface area contributed by atoms with Gasteiger partial charge in [-0.15, -0.1) is 0 Å². The minimum atomic E-state index is -1.63. The van der Waals surface area contributed by atoms with Crippen LogP contribution in [0.4, 0.5) is 4.39 Å². The highest BCUT2D eigenvalue weighted by atomic mass is 19.1. The Morgan fingerprint density at radius 1 is 1.24 bits per heavy atom. The zero-order valence-corrected chi connectivity index (χ0v) is 20.3. The van der Waals surface area contributed by atoms with Gasteiger partial charge in [-0.1, -0.05) is 50.6 Å². The minimum absolute atomic E-state index is 0.0499. The zero-order valence-electron chi connectivity index (χ0n) is 20.3. The van der Waals surface area contributed by atoms with Gasteiger partial charge >= 0.3 is 5.97 Å². The predicted octanol–water partition coefficient (Wildman–Crippen LogP) is 4.74. The van der Waals surface area contributed by atoms with E-state index in [0.29, 0.717) is 25.8 Å². The fraction of sp³-hybridized carbons (Fsp3) is 0.654. The van der Waals surface area contributed by atoms with Crippen LogP contribution in [0.5, 0.6) is 0 Å². The number of nitrogens with zero attached hydrogens (tertiary/aromatic N) is 2. The Kier molecular flexibility index (Phi) is 10.8. The van der Waals surface area contributed by atoms with Crippen LogP contribution in [0.1, 0.15) is 71.8 Å². The molecule has 0 spiro atoms. The van der Waals surface area contributed by atoms with Crippen LogP contribution >= 0.6 is 0 Å². The molecule has 0 bridgehead atoms. The molecule has 2 rings (SSSR count). The molecule has 1 fully saturated rings. The molecule has 1 aromatic rings. The molecular formula is C26H38FN3O3. The molecular weight excluding hydrogens is 421 g/mol. The average Bonchev–Trinajstić information content (AvgIpc) is 3.11. The molecule has 1 aliphatic rings. The summed E-state index contributed by atoms with van der Waals surface area (Å²) in [5.41, 5.74) is 1.02. The number of rotatable bonds is 12. The predicted molar refractivity (Wildman–Crippen MR) is 125 cm³/mol. The van der Waals surface area contributed by atoms with Gasteiger partial charge in [-0.25, -0.2) is 4.39 Å². The van der Waals surface area contributed by atoms with Crippen LogP contribution in [-0.2, 0) is 20.9 Å². The minimum Gasteiger partial charge on any atom is -0.430 e. The van der Waals surface area contributed by atoms with E-state index in [9.17, 15) is 19.2 Å². The molecule has 6 nitrogen and oxygen atoms in total. The number of carbonyl (C=O) groups excluding carboxylic acids is 2. The smallest absolute Gasteiger partial charge is 0.325 e. The van der Waals surface area contributed by atoms with Crippen molar-refractivity contribution in [2.45, 2.75) is 97.2 Å². The van der Waals surface area contributed by atoms with Crippen LogP contribution in [0.3, 0.4) is 0 Å². The monoisotopic (exact) mass is 459 g/mol. The summed E-state index contributed by atoms with van der Waals surface area (Å²) in [5, 5.41) is 12.9. The van der Waals surface area contributed by atoms with Crippen LogP contribution < -0.4 is 5.32 Å². The standard InChI is InChI=1S/C26H38FN3O3/c1-5-10-21(18(3)29-19(4)31)14-23-22(16-28)15-24(26(32)33-25(27)11-6-2)30(23)17-20-12-8-7-9-13-20/h7-9,12-13,18,21-25H,5-6,10-11,14-15,17H2,1-4H3,(H,29,31)/t18?,21?,22-,23+,24+,25?/m0/s1. The molecule has 3 unspecified atom stereocenters. The molecule has 0 radical (unpaired) electrons. The Labute approximate surface area is 197 Å². The Morgan fingerprint density at radius 3 is 2.48 bits per heavy atom. The third-order valence-electron chi connectivity index (χ3n) is 6.52. The molecule has 1 aromatic carbocycles. The first-order chi connectivity index (χ1) is 15.8. The van der Waals surface area contributed by atoms with Crippen molar-refractivity contribution in [1.82, 2.24) is 10.2 Å². The summed E-state index contributed by atoms with van der Waals surface area (Å²) >= 11 is 0. The number of benzene rings is 1. The number of hydrogen-bond acceptors (Lipinski definition) is 5. The van der Waals surface area contributed by atoms with Gasteiger partial charge in [0.05, 0.1) is 12.0 Å². The third kappa shape index (κ3) is 7.82. The van der Waals surface area contributed by atoms with Gasteiger partial charge in [-0.3, -0.25) is 14.5 Å². The van der Waals surface area contributed by atoms with E-state index in [-0.39, 0.29) is 36.2 Å². The van der Waals surface area contributed by atoms with E-state index in [1.54, 1.807) is 0 Å². The molecule has 1 N–H and O–H groups in total. The molecule has 1 aliphatic heterocycles. The summed E-state index contributed by atoms with van der Waals surface area (Å²) < 4.78 is 19.2. The fourth-order valence-corrected chi connectivity index (χ4v) is 4.87. The summed E-state index contributed by atoms with van der Waals surface area (Å²) in [6.07, 6.45) is 1.94. The number of hydrogen-bond donors (Lipinski definition) is 1. The van der Waals surface area contributed by atoms with Gasteiger partial charge in [-0.2, -0.15) is 5.26 Å². The number of likely N-dealkylation sites (tertiary alicyclic amines) is 1. The molecule has 6 atom stereocenters. The van der Waals surface area contributed by atoms with Crippen molar-refractivity contribution in [2.24, 2.45) is 11.8 Å². The highest BCUT2D eigenvalue weighted by molar-refractivity contribution is 5.76. The molecule has 0 saturated carbocycles. The number of nitrogens with one attached hydrogen (secondary N) is 1. The molecule has 0 aliphatic carbocycles. The highest BCUT2D eigenvalue weighted by Gasteiger charge is 2.46. The lowest BCUT2D eigenvalue weighted by atomic mass is 9.85. The first kappa shape index (κ1) is 26.8. The van der Waals surface area contributed by atoms with Gasteiger partial charge < -0.3 is 10.1 Å². The maximum absolute atomic E-state index is 14.1. The van der Waals surface area contributed by atoms with Crippen molar-refractivity contribution in [3.8, 4) is 6.07 Å². The Morgan fingerprint density at radius 2 is 1.91 bits per heavy atom. The lowest BCUT2D eigenvalue weighted by Gasteiger charge is -2.34. The van der Waals surface area contributed by atoms with Gasteiger partial charge in [0.2, 0.25) is 12.3 Å². The van der Waals surface area contributed by atoms with Crippen molar-refractivity contribution >= 4 is 11.9 Å². The Hall–Kier alpha value is -2.46. The van der Waals surface area contributed by atoms with Crippen LogP contribution in [-0.4, -0.2) is 41.3 Å². The zero-order chi connectivity index (χ0) is 24.4. The largest absolute Gasteiger partial charge is 0.430 e. The number of amides is 1. The Bertz CT molecular complexity index is 798. The molecule has 1 amide bonds. The molecule has 0 aromatic heterocycles. The van der Waals surface area contributed by atoms with E-state index in [4.69, 9.17) is 4.74 Å². The van der Waals surface area contributed by atoms with Crippen molar-refractivity contribution in [2.75, 3.05) is 0 Å². The maximum atomic E-state index is 14.1. The maximum Gasteiger partial charge on any atom is 0.325 e. The van der Waals surface area contributed by atoms with Crippen LogP contribution in [0, 0.1) is 23.2 Å². The van der Waals surface area contributed by atoms with E-state index in [2.05, 4.69) is 18.3 Å². The second-order valence-electron chi connectivity index (χ2n) is 9.12. The van der Waals surface area contributed by atoms with Gasteiger partial charge in [-0.05, 0) is 44.1 Å². The SMILES string of the molecule is CCCC(F)OC(=O)[C@H]1C[C@@H](C#N)[C@@H](CC(CCC)C(C)NC(C)=O)N1Cc1ccccc1. The topological polar surface area (TPSA) is 82.4 Å². The van der Waals surface area contributed by atoms with E-state index in [0.717, 1.165) is 18.4 Å². The molecule has 182 valence electrons. The van der Waals surface area contributed by atoms with E-state index in [1.165, 1.54) is 6.92 Å². The fourth-order valence-electron chi connectivity index (χ4n) is 4.87. The summed E-state index contributed by atoms with van der Waals surface area (Å²) in [6.45, 7) is 7.90. The molecule has 1 heterocycles. The van der Waals surface area contributed by atoms with Crippen molar-refractivity contribution in [3.05, 3.63) is 35.9 Å². The quantitative estimate of drug-likeness (QED) is 0.457. The molecule has 1 saturated heterocycles. The lowest BCUT2D eigenvalue weighted by molar-refractivity contribution is -0.164. The summed E-state index contributed by atoms with van der Waals surface area (Å²) in [5.74, 6) is -0.905. The summed E-state index contributed by atoms with van der Waals surface area (Å²) in [4.78, 5) is 26.6. The van der Waals surface area contributed by atoms with Crippen molar-refractivity contribution in [1.29, 1.82) is 5.26 Å². The normalized spacial score (nSPS) is 23.3. The summed E-state index contributed by atoms with van der Waals surface area (Å²) in [6, 6.07) is 11.2. The number of alkyl halides is 1. The second kappa shape index (κ2) is 13.3. The number of ether oxygens (including phenoxy) is 1. The first-order valence-electron chi connectivity index (χ1n) is 12.1. The summed E-state index contributed by atoms with van der Waals surface area (Å²) in [7, 11) is 0. The number of carbonyl (C=O) groups is 2. The lowest BCUT2D eigenvalue weighted by Crippen LogP contribution is -2.45. The third-order valence-corrected chi connectivity index (χ3v) is 6.52. The molecule has 33 heavy (non-hydrogen) atoms. The number of nitriles is 1.